The molecule has 2 amide bonds. The lowest BCUT2D eigenvalue weighted by Gasteiger charge is -2.20. The van der Waals surface area contributed by atoms with Crippen LogP contribution in [0, 0.1) is 0 Å². The van der Waals surface area contributed by atoms with Crippen LogP contribution in [0.1, 0.15) is 24.2 Å². The summed E-state index contributed by atoms with van der Waals surface area (Å²) in [6.07, 6.45) is 0. The Morgan fingerprint density at radius 2 is 2.11 bits per heavy atom. The zero-order valence-corrected chi connectivity index (χ0v) is 12.0. The second-order valence-electron chi connectivity index (χ2n) is 4.29. The van der Waals surface area contributed by atoms with E-state index in [0.29, 0.717) is 17.3 Å². The van der Waals surface area contributed by atoms with Gasteiger partial charge in [-0.25, -0.2) is 0 Å². The van der Waals surface area contributed by atoms with Crippen LogP contribution in [0.2, 0.25) is 5.02 Å². The molecule has 0 aliphatic heterocycles. The molecule has 0 saturated heterocycles. The summed E-state index contributed by atoms with van der Waals surface area (Å²) in [6.45, 7) is 4.08. The predicted molar refractivity (Wildman–Crippen MR) is 76.1 cm³/mol. The first-order valence-corrected chi connectivity index (χ1v) is 6.35. The molecule has 0 aliphatic rings. The van der Waals surface area contributed by atoms with Gasteiger partial charge >= 0.3 is 0 Å². The van der Waals surface area contributed by atoms with Crippen LogP contribution >= 0.6 is 11.6 Å². The molecule has 3 N–H and O–H groups in total. The number of nitrogens with two attached hydrogens (primary N) is 1. The van der Waals surface area contributed by atoms with Crippen molar-refractivity contribution in [3.05, 3.63) is 28.8 Å². The molecular formula is C13H18ClN3O2. The Bertz CT molecular complexity index is 491. The zero-order chi connectivity index (χ0) is 14.6. The molecule has 0 spiro atoms. The van der Waals surface area contributed by atoms with Gasteiger partial charge in [0, 0.05) is 19.3 Å². The largest absolute Gasteiger partial charge is 0.399 e. The van der Waals surface area contributed by atoms with E-state index in [9.17, 15) is 9.59 Å². The number of anilines is 1. The maximum atomic E-state index is 12.0. The van der Waals surface area contributed by atoms with E-state index in [4.69, 9.17) is 17.3 Å². The summed E-state index contributed by atoms with van der Waals surface area (Å²) >= 11 is 5.93. The number of carbonyl (C=O) groups excluding carboxylic acids is 2. The third kappa shape index (κ3) is 3.86. The number of nitrogens with zero attached hydrogens (tertiary/aromatic N) is 1. The fraction of sp³-hybridized carbons (Fsp3) is 0.385. The number of likely N-dealkylation sites (N-methyl/N-ethyl adjacent to an activating group) is 1. The van der Waals surface area contributed by atoms with Crippen LogP contribution in [-0.4, -0.2) is 36.3 Å². The molecule has 6 heteroatoms. The maximum absolute atomic E-state index is 12.0. The Hall–Kier alpha value is -1.75. The number of amides is 2. The number of carbonyl (C=O) groups is 2. The van der Waals surface area contributed by atoms with Crippen molar-refractivity contribution in [2.75, 3.05) is 19.3 Å². The van der Waals surface area contributed by atoms with Crippen LogP contribution in [0.3, 0.4) is 0 Å². The molecule has 1 atom stereocenters. The lowest BCUT2D eigenvalue weighted by Crippen LogP contribution is -2.45. The first-order chi connectivity index (χ1) is 8.86. The lowest BCUT2D eigenvalue weighted by atomic mass is 10.1. The molecule has 0 aromatic heterocycles. The molecule has 0 heterocycles. The zero-order valence-electron chi connectivity index (χ0n) is 11.2. The number of nitrogen functional groups attached to an aromatic ring is 1. The monoisotopic (exact) mass is 283 g/mol. The molecule has 1 aromatic carbocycles. The van der Waals surface area contributed by atoms with E-state index in [1.807, 2.05) is 6.92 Å². The van der Waals surface area contributed by atoms with Crippen LogP contribution in [0.5, 0.6) is 0 Å². The van der Waals surface area contributed by atoms with Gasteiger partial charge in [-0.05, 0) is 32.0 Å². The third-order valence-electron chi connectivity index (χ3n) is 2.80. The molecule has 0 saturated carbocycles. The van der Waals surface area contributed by atoms with Gasteiger partial charge in [-0.3, -0.25) is 9.59 Å². The third-order valence-corrected chi connectivity index (χ3v) is 3.13. The number of hydrogen-bond acceptors (Lipinski definition) is 3. The highest BCUT2D eigenvalue weighted by molar-refractivity contribution is 6.34. The van der Waals surface area contributed by atoms with Gasteiger partial charge in [0.15, 0.2) is 0 Å². The topological polar surface area (TPSA) is 75.4 Å². The van der Waals surface area contributed by atoms with Gasteiger partial charge in [0.05, 0.1) is 10.6 Å². The van der Waals surface area contributed by atoms with Crippen molar-refractivity contribution in [2.45, 2.75) is 19.9 Å². The van der Waals surface area contributed by atoms with E-state index in [1.54, 1.807) is 26.1 Å². The standard InChI is InChI=1S/C13H18ClN3O2/c1-4-17(3)13(19)8(2)16-12(18)10-7-9(15)5-6-11(10)14/h5-8H,4,15H2,1-3H3,(H,16,18). The molecule has 19 heavy (non-hydrogen) atoms. The molecular weight excluding hydrogens is 266 g/mol. The highest BCUT2D eigenvalue weighted by Crippen LogP contribution is 2.18. The minimum atomic E-state index is -0.616. The van der Waals surface area contributed by atoms with Gasteiger partial charge in [0.25, 0.3) is 5.91 Å². The van der Waals surface area contributed by atoms with E-state index in [2.05, 4.69) is 5.32 Å². The van der Waals surface area contributed by atoms with Gasteiger partial charge in [-0.2, -0.15) is 0 Å². The highest BCUT2D eigenvalue weighted by atomic mass is 35.5. The molecule has 0 aliphatic carbocycles. The normalized spacial score (nSPS) is 11.8. The van der Waals surface area contributed by atoms with Crippen molar-refractivity contribution in [1.82, 2.24) is 10.2 Å². The highest BCUT2D eigenvalue weighted by Gasteiger charge is 2.20. The SMILES string of the molecule is CCN(C)C(=O)C(C)NC(=O)c1cc(N)ccc1Cl. The van der Waals surface area contributed by atoms with Gasteiger partial charge in [0.1, 0.15) is 6.04 Å². The molecule has 5 nitrogen and oxygen atoms in total. The van der Waals surface area contributed by atoms with Gasteiger partial charge in [-0.15, -0.1) is 0 Å². The smallest absolute Gasteiger partial charge is 0.253 e. The quantitative estimate of drug-likeness (QED) is 0.823. The summed E-state index contributed by atoms with van der Waals surface area (Å²) in [5.74, 6) is -0.571. The minimum Gasteiger partial charge on any atom is -0.399 e. The van der Waals surface area contributed by atoms with E-state index >= 15 is 0 Å². The summed E-state index contributed by atoms with van der Waals surface area (Å²) in [7, 11) is 1.68. The van der Waals surface area contributed by atoms with Crippen LogP contribution in [0.4, 0.5) is 5.69 Å². The van der Waals surface area contributed by atoms with Crippen LogP contribution in [0.15, 0.2) is 18.2 Å². The fourth-order valence-electron chi connectivity index (χ4n) is 1.54. The van der Waals surface area contributed by atoms with Crippen LogP contribution < -0.4 is 11.1 Å². The molecule has 1 rings (SSSR count). The summed E-state index contributed by atoms with van der Waals surface area (Å²) < 4.78 is 0. The Morgan fingerprint density at radius 3 is 2.68 bits per heavy atom. The van der Waals surface area contributed by atoms with Crippen molar-refractivity contribution >= 4 is 29.1 Å². The number of benzene rings is 1. The van der Waals surface area contributed by atoms with Crippen molar-refractivity contribution in [2.24, 2.45) is 0 Å². The van der Waals surface area contributed by atoms with E-state index < -0.39 is 11.9 Å². The Balaban J connectivity index is 2.80. The van der Waals surface area contributed by atoms with E-state index in [1.165, 1.54) is 11.0 Å². The van der Waals surface area contributed by atoms with Crippen molar-refractivity contribution < 1.29 is 9.59 Å². The maximum Gasteiger partial charge on any atom is 0.253 e. The second kappa shape index (κ2) is 6.43. The fourth-order valence-corrected chi connectivity index (χ4v) is 1.74. The number of hydrogen-bond donors (Lipinski definition) is 2. The van der Waals surface area contributed by atoms with Crippen molar-refractivity contribution in [3.63, 3.8) is 0 Å². The van der Waals surface area contributed by atoms with Crippen LogP contribution in [-0.2, 0) is 4.79 Å². The molecule has 0 radical (unpaired) electrons. The summed E-state index contributed by atoms with van der Waals surface area (Å²) in [5.41, 5.74) is 6.32. The Kier molecular flexibility index (Phi) is 5.18. The molecule has 104 valence electrons. The second-order valence-corrected chi connectivity index (χ2v) is 4.69. The summed E-state index contributed by atoms with van der Waals surface area (Å²) in [6, 6.07) is 4.03. The van der Waals surface area contributed by atoms with Crippen LogP contribution in [0.25, 0.3) is 0 Å². The molecule has 1 unspecified atom stereocenters. The summed E-state index contributed by atoms with van der Waals surface area (Å²) in [4.78, 5) is 25.4. The van der Waals surface area contributed by atoms with Gasteiger partial charge < -0.3 is 16.0 Å². The average molecular weight is 284 g/mol. The summed E-state index contributed by atoms with van der Waals surface area (Å²) in [5, 5.41) is 2.91. The first kappa shape index (κ1) is 15.3. The minimum absolute atomic E-state index is 0.157. The Labute approximate surface area is 117 Å². The Morgan fingerprint density at radius 1 is 1.47 bits per heavy atom. The predicted octanol–water partition coefficient (Wildman–Crippen LogP) is 1.52. The lowest BCUT2D eigenvalue weighted by molar-refractivity contribution is -0.131. The number of rotatable bonds is 4. The van der Waals surface area contributed by atoms with E-state index in [-0.39, 0.29) is 11.5 Å². The molecule has 1 aromatic rings. The van der Waals surface area contributed by atoms with Gasteiger partial charge in [0.2, 0.25) is 5.91 Å². The number of halogens is 1. The average Bonchev–Trinajstić information content (AvgIpc) is 2.39. The first-order valence-electron chi connectivity index (χ1n) is 5.97. The van der Waals surface area contributed by atoms with Crippen molar-refractivity contribution in [1.29, 1.82) is 0 Å². The van der Waals surface area contributed by atoms with Crippen molar-refractivity contribution in [3.8, 4) is 0 Å². The van der Waals surface area contributed by atoms with E-state index in [0.717, 1.165) is 0 Å². The van der Waals surface area contributed by atoms with Gasteiger partial charge in [-0.1, -0.05) is 11.6 Å². The number of nitrogens with one attached hydrogen (secondary N) is 1. The molecule has 0 bridgehead atoms. The molecule has 0 fully saturated rings.